The van der Waals surface area contributed by atoms with Crippen LogP contribution in [0.5, 0.6) is 0 Å². The molecule has 1 aromatic rings. The highest BCUT2D eigenvalue weighted by Gasteiger charge is 2.13. The lowest BCUT2D eigenvalue weighted by Crippen LogP contribution is -2.27. The van der Waals surface area contributed by atoms with Gasteiger partial charge in [-0.2, -0.15) is 0 Å². The van der Waals surface area contributed by atoms with Crippen LogP contribution in [0.25, 0.3) is 0 Å². The number of H-pyrrole nitrogens is 1. The van der Waals surface area contributed by atoms with Gasteiger partial charge in [0.15, 0.2) is 5.03 Å². The van der Waals surface area contributed by atoms with Gasteiger partial charge in [0.05, 0.1) is 12.5 Å². The molecule has 7 heteroatoms. The van der Waals surface area contributed by atoms with Crippen LogP contribution < -0.4 is 10.0 Å². The van der Waals surface area contributed by atoms with Crippen LogP contribution in [0.15, 0.2) is 17.6 Å². The fourth-order valence-electron chi connectivity index (χ4n) is 1.06. The van der Waals surface area contributed by atoms with Gasteiger partial charge in [0, 0.05) is 6.54 Å². The average molecular weight is 232 g/mol. The summed E-state index contributed by atoms with van der Waals surface area (Å²) in [5, 5.41) is 3.22. The first-order chi connectivity index (χ1) is 7.17. The van der Waals surface area contributed by atoms with Gasteiger partial charge in [0.25, 0.3) is 10.0 Å². The van der Waals surface area contributed by atoms with E-state index in [2.05, 4.69) is 20.0 Å². The van der Waals surface area contributed by atoms with E-state index in [4.69, 9.17) is 0 Å². The van der Waals surface area contributed by atoms with Gasteiger partial charge in [0.1, 0.15) is 0 Å². The van der Waals surface area contributed by atoms with Crippen molar-refractivity contribution in [2.75, 3.05) is 19.6 Å². The Kier molecular flexibility index (Phi) is 4.73. The molecule has 0 bridgehead atoms. The highest BCUT2D eigenvalue weighted by atomic mass is 32.2. The van der Waals surface area contributed by atoms with Crippen LogP contribution in [0.2, 0.25) is 0 Å². The lowest BCUT2D eigenvalue weighted by atomic mass is 10.4. The smallest absolute Gasteiger partial charge is 0.257 e. The Hall–Kier alpha value is -0.920. The summed E-state index contributed by atoms with van der Waals surface area (Å²) in [5.74, 6) is 0. The molecule has 15 heavy (non-hydrogen) atoms. The predicted octanol–water partition coefficient (Wildman–Crippen LogP) is -0.312. The first-order valence-electron chi connectivity index (χ1n) is 4.85. The van der Waals surface area contributed by atoms with Crippen LogP contribution in [0.1, 0.15) is 13.3 Å². The summed E-state index contributed by atoms with van der Waals surface area (Å²) in [6.07, 6.45) is 3.39. The maximum atomic E-state index is 11.5. The van der Waals surface area contributed by atoms with Crippen molar-refractivity contribution in [3.63, 3.8) is 0 Å². The van der Waals surface area contributed by atoms with E-state index in [0.717, 1.165) is 19.5 Å². The molecule has 86 valence electrons. The third-order valence-electron chi connectivity index (χ3n) is 1.84. The Bertz CT molecular complexity index is 360. The highest BCUT2D eigenvalue weighted by Crippen LogP contribution is 2.00. The summed E-state index contributed by atoms with van der Waals surface area (Å²) in [6.45, 7) is 4.14. The van der Waals surface area contributed by atoms with E-state index in [1.54, 1.807) is 0 Å². The maximum Gasteiger partial charge on any atom is 0.257 e. The molecule has 0 aliphatic carbocycles. The number of sulfonamides is 1. The molecule has 0 saturated carbocycles. The van der Waals surface area contributed by atoms with Crippen molar-refractivity contribution in [2.45, 2.75) is 18.4 Å². The SMILES string of the molecule is CCNCCCNS(=O)(=O)c1cnc[nH]1. The van der Waals surface area contributed by atoms with E-state index < -0.39 is 10.0 Å². The van der Waals surface area contributed by atoms with Gasteiger partial charge in [-0.15, -0.1) is 0 Å². The van der Waals surface area contributed by atoms with Crippen LogP contribution in [0.3, 0.4) is 0 Å². The van der Waals surface area contributed by atoms with Crippen molar-refractivity contribution in [2.24, 2.45) is 0 Å². The maximum absolute atomic E-state index is 11.5. The number of nitrogens with zero attached hydrogens (tertiary/aromatic N) is 1. The van der Waals surface area contributed by atoms with Gasteiger partial charge >= 0.3 is 0 Å². The van der Waals surface area contributed by atoms with Crippen molar-refractivity contribution in [1.82, 2.24) is 20.0 Å². The summed E-state index contributed by atoms with van der Waals surface area (Å²) in [4.78, 5) is 6.21. The van der Waals surface area contributed by atoms with Crippen LogP contribution in [-0.4, -0.2) is 38.0 Å². The normalized spacial score (nSPS) is 11.8. The third-order valence-corrected chi connectivity index (χ3v) is 3.22. The largest absolute Gasteiger partial charge is 0.335 e. The second-order valence-electron chi connectivity index (χ2n) is 3.02. The number of aromatic amines is 1. The lowest BCUT2D eigenvalue weighted by Gasteiger charge is -2.04. The number of hydrogen-bond acceptors (Lipinski definition) is 4. The molecule has 0 unspecified atom stereocenters. The standard InChI is InChI=1S/C8H16N4O2S/c1-2-9-4-3-5-12-15(13,14)8-6-10-7-11-8/h6-7,9,12H,2-5H2,1H3,(H,10,11). The molecule has 1 aromatic heterocycles. The number of rotatable bonds is 7. The summed E-state index contributed by atoms with van der Waals surface area (Å²) in [5.41, 5.74) is 0. The average Bonchev–Trinajstić information content (AvgIpc) is 2.70. The molecule has 1 heterocycles. The quantitative estimate of drug-likeness (QED) is 0.563. The molecule has 0 saturated heterocycles. The molecule has 0 amide bonds. The highest BCUT2D eigenvalue weighted by molar-refractivity contribution is 7.89. The van der Waals surface area contributed by atoms with E-state index in [-0.39, 0.29) is 5.03 Å². The minimum atomic E-state index is -3.40. The Morgan fingerprint density at radius 2 is 2.27 bits per heavy atom. The van der Waals surface area contributed by atoms with E-state index in [0.29, 0.717) is 6.54 Å². The van der Waals surface area contributed by atoms with Crippen molar-refractivity contribution in [1.29, 1.82) is 0 Å². The second kappa shape index (κ2) is 5.84. The van der Waals surface area contributed by atoms with Crippen LogP contribution in [0, 0.1) is 0 Å². The molecule has 0 radical (unpaired) electrons. The zero-order chi connectivity index (χ0) is 11.1. The van der Waals surface area contributed by atoms with E-state index >= 15 is 0 Å². The molecule has 3 N–H and O–H groups in total. The van der Waals surface area contributed by atoms with Gasteiger partial charge in [-0.1, -0.05) is 6.92 Å². The molecule has 0 aliphatic rings. The summed E-state index contributed by atoms with van der Waals surface area (Å²) in [6, 6.07) is 0. The molecule has 0 aliphatic heterocycles. The van der Waals surface area contributed by atoms with E-state index in [1.165, 1.54) is 12.5 Å². The number of nitrogens with one attached hydrogen (secondary N) is 3. The first-order valence-corrected chi connectivity index (χ1v) is 6.34. The van der Waals surface area contributed by atoms with Gasteiger partial charge in [0.2, 0.25) is 0 Å². The number of imidazole rings is 1. The molecule has 1 rings (SSSR count). The minimum Gasteiger partial charge on any atom is -0.335 e. The van der Waals surface area contributed by atoms with Crippen molar-refractivity contribution in [3.8, 4) is 0 Å². The molecular weight excluding hydrogens is 216 g/mol. The molecular formula is C8H16N4O2S. The fraction of sp³-hybridized carbons (Fsp3) is 0.625. The monoisotopic (exact) mass is 232 g/mol. The molecule has 0 atom stereocenters. The molecule has 0 spiro atoms. The predicted molar refractivity (Wildman–Crippen MR) is 56.9 cm³/mol. The molecule has 6 nitrogen and oxygen atoms in total. The summed E-state index contributed by atoms with van der Waals surface area (Å²) in [7, 11) is -3.40. The number of hydrogen-bond donors (Lipinski definition) is 3. The number of aromatic nitrogens is 2. The Morgan fingerprint density at radius 1 is 1.47 bits per heavy atom. The van der Waals surface area contributed by atoms with E-state index in [1.807, 2.05) is 6.92 Å². The topological polar surface area (TPSA) is 86.9 Å². The molecule has 0 fully saturated rings. The first kappa shape index (κ1) is 12.2. The lowest BCUT2D eigenvalue weighted by molar-refractivity contribution is 0.572. The van der Waals surface area contributed by atoms with Gasteiger partial charge < -0.3 is 10.3 Å². The van der Waals surface area contributed by atoms with Crippen LogP contribution in [-0.2, 0) is 10.0 Å². The van der Waals surface area contributed by atoms with Crippen molar-refractivity contribution < 1.29 is 8.42 Å². The van der Waals surface area contributed by atoms with Crippen molar-refractivity contribution >= 4 is 10.0 Å². The van der Waals surface area contributed by atoms with Crippen LogP contribution in [0.4, 0.5) is 0 Å². The Labute approximate surface area is 89.5 Å². The van der Waals surface area contributed by atoms with Gasteiger partial charge in [-0.05, 0) is 19.5 Å². The van der Waals surface area contributed by atoms with Gasteiger partial charge in [-0.3, -0.25) is 0 Å². The molecule has 0 aromatic carbocycles. The zero-order valence-electron chi connectivity index (χ0n) is 8.66. The van der Waals surface area contributed by atoms with Crippen molar-refractivity contribution in [3.05, 3.63) is 12.5 Å². The van der Waals surface area contributed by atoms with Gasteiger partial charge in [-0.25, -0.2) is 18.1 Å². The van der Waals surface area contributed by atoms with Crippen LogP contribution >= 0.6 is 0 Å². The Balaban J connectivity index is 2.32. The van der Waals surface area contributed by atoms with E-state index in [9.17, 15) is 8.42 Å². The third kappa shape index (κ3) is 3.98. The second-order valence-corrected chi connectivity index (χ2v) is 4.76. The fourth-order valence-corrected chi connectivity index (χ4v) is 2.04. The zero-order valence-corrected chi connectivity index (χ0v) is 9.47. The minimum absolute atomic E-state index is 0.103. The Morgan fingerprint density at radius 3 is 2.87 bits per heavy atom. The summed E-state index contributed by atoms with van der Waals surface area (Å²) >= 11 is 0. The summed E-state index contributed by atoms with van der Waals surface area (Å²) < 4.78 is 25.5.